The first-order valence-corrected chi connectivity index (χ1v) is 11.4. The summed E-state index contributed by atoms with van der Waals surface area (Å²) in [5.74, 6) is 0.582. The van der Waals surface area contributed by atoms with Gasteiger partial charge in [0, 0.05) is 31.7 Å². The van der Waals surface area contributed by atoms with Crippen molar-refractivity contribution in [1.82, 2.24) is 14.8 Å². The second-order valence-electron chi connectivity index (χ2n) is 9.33. The van der Waals surface area contributed by atoms with Gasteiger partial charge in [0.05, 0.1) is 6.04 Å². The van der Waals surface area contributed by atoms with Crippen molar-refractivity contribution >= 4 is 29.4 Å². The molecule has 1 fully saturated rings. The number of piperazine rings is 1. The van der Waals surface area contributed by atoms with E-state index in [-0.39, 0.29) is 35.8 Å². The van der Waals surface area contributed by atoms with Crippen LogP contribution in [0.5, 0.6) is 5.75 Å². The van der Waals surface area contributed by atoms with E-state index in [0.29, 0.717) is 36.8 Å². The smallest absolute Gasteiger partial charge is 0.410 e. The maximum Gasteiger partial charge on any atom is 0.410 e. The first kappa shape index (κ1) is 23.2. The lowest BCUT2D eigenvalue weighted by Gasteiger charge is -2.40. The number of halogens is 1. The highest BCUT2D eigenvalue weighted by atomic mass is 35.5. The van der Waals surface area contributed by atoms with Gasteiger partial charge in [-0.2, -0.15) is 0 Å². The van der Waals surface area contributed by atoms with Crippen molar-refractivity contribution in [2.45, 2.75) is 45.4 Å². The molecular weight excluding hydrogens is 444 g/mol. The third-order valence-electron chi connectivity index (χ3n) is 5.65. The van der Waals surface area contributed by atoms with Crippen LogP contribution in [0.3, 0.4) is 0 Å². The summed E-state index contributed by atoms with van der Waals surface area (Å²) in [6.45, 7) is 8.83. The Bertz CT molecular complexity index is 1040. The molecule has 1 N–H and O–H groups in total. The van der Waals surface area contributed by atoms with Gasteiger partial charge in [0.2, 0.25) is 0 Å². The van der Waals surface area contributed by atoms with Gasteiger partial charge in [-0.1, -0.05) is 41.9 Å². The van der Waals surface area contributed by atoms with Crippen LogP contribution in [0.4, 0.5) is 10.6 Å². The van der Waals surface area contributed by atoms with Gasteiger partial charge in [-0.3, -0.25) is 4.79 Å². The van der Waals surface area contributed by atoms with Crippen LogP contribution in [0.1, 0.15) is 49.7 Å². The van der Waals surface area contributed by atoms with Gasteiger partial charge in [0.1, 0.15) is 34.5 Å². The van der Waals surface area contributed by atoms with E-state index in [2.05, 4.69) is 10.3 Å². The largest absolute Gasteiger partial charge is 0.490 e. The summed E-state index contributed by atoms with van der Waals surface area (Å²) >= 11 is 6.27. The van der Waals surface area contributed by atoms with E-state index < -0.39 is 5.60 Å². The van der Waals surface area contributed by atoms with Gasteiger partial charge in [-0.25, -0.2) is 9.78 Å². The van der Waals surface area contributed by atoms with Crippen molar-refractivity contribution in [3.05, 3.63) is 52.7 Å². The Kier molecular flexibility index (Phi) is 6.38. The summed E-state index contributed by atoms with van der Waals surface area (Å²) in [7, 11) is 0. The predicted molar refractivity (Wildman–Crippen MR) is 126 cm³/mol. The van der Waals surface area contributed by atoms with E-state index in [0.717, 1.165) is 5.56 Å². The maximum absolute atomic E-state index is 13.6. The Morgan fingerprint density at radius 2 is 2.00 bits per heavy atom. The van der Waals surface area contributed by atoms with Crippen LogP contribution >= 0.6 is 11.6 Å². The standard InChI is InChI=1S/C24H29ClN4O4/c1-15(16-8-6-5-7-9-16)26-21-20-18(12-19(25)27-21)32-14-17-13-28(10-11-29(17)22(20)30)23(31)33-24(2,3)4/h5-9,12,15,17H,10-11,13-14H2,1-4H3,(H,26,27)/t15-,17+/m0/s1. The zero-order valence-electron chi connectivity index (χ0n) is 19.3. The van der Waals surface area contributed by atoms with Gasteiger partial charge in [-0.15, -0.1) is 0 Å². The van der Waals surface area contributed by atoms with Gasteiger partial charge in [-0.05, 0) is 33.3 Å². The maximum atomic E-state index is 13.6. The molecule has 2 amide bonds. The number of rotatable bonds is 3. The van der Waals surface area contributed by atoms with Crippen molar-refractivity contribution in [3.63, 3.8) is 0 Å². The molecule has 176 valence electrons. The number of pyridine rings is 1. The van der Waals surface area contributed by atoms with Crippen LogP contribution in [0.2, 0.25) is 5.15 Å². The third-order valence-corrected chi connectivity index (χ3v) is 5.84. The molecule has 0 saturated carbocycles. The Hall–Kier alpha value is -3.00. The Balaban J connectivity index is 1.57. The molecule has 3 heterocycles. The summed E-state index contributed by atoms with van der Waals surface area (Å²) in [6.07, 6.45) is -0.389. The van der Waals surface area contributed by atoms with Crippen molar-refractivity contribution in [2.75, 3.05) is 31.6 Å². The molecule has 0 aliphatic carbocycles. The number of nitrogens with one attached hydrogen (secondary N) is 1. The molecule has 2 aliphatic rings. The minimum absolute atomic E-state index is 0.0999. The lowest BCUT2D eigenvalue weighted by Crippen LogP contribution is -2.58. The Labute approximate surface area is 198 Å². The molecule has 2 atom stereocenters. The quantitative estimate of drug-likeness (QED) is 0.668. The average molecular weight is 473 g/mol. The zero-order valence-corrected chi connectivity index (χ0v) is 20.1. The summed E-state index contributed by atoms with van der Waals surface area (Å²) < 4.78 is 11.5. The van der Waals surface area contributed by atoms with E-state index in [1.807, 2.05) is 58.0 Å². The summed E-state index contributed by atoms with van der Waals surface area (Å²) in [6, 6.07) is 11.0. The Morgan fingerprint density at radius 1 is 1.27 bits per heavy atom. The molecule has 2 aliphatic heterocycles. The summed E-state index contributed by atoms with van der Waals surface area (Å²) in [5.41, 5.74) is 0.827. The van der Waals surface area contributed by atoms with E-state index in [1.165, 1.54) is 0 Å². The van der Waals surface area contributed by atoms with Crippen LogP contribution in [-0.2, 0) is 4.74 Å². The SMILES string of the molecule is C[C@H](Nc1nc(Cl)cc2c1C(=O)N1CCN(C(=O)OC(C)(C)C)C[C@@H]1CO2)c1ccccc1. The fourth-order valence-corrected chi connectivity index (χ4v) is 4.22. The second kappa shape index (κ2) is 9.09. The van der Waals surface area contributed by atoms with Crippen molar-refractivity contribution in [3.8, 4) is 5.75 Å². The highest BCUT2D eigenvalue weighted by Gasteiger charge is 2.39. The van der Waals surface area contributed by atoms with Crippen LogP contribution in [-0.4, -0.2) is 64.7 Å². The minimum atomic E-state index is -0.585. The second-order valence-corrected chi connectivity index (χ2v) is 9.72. The number of carbonyl (C=O) groups is 2. The molecule has 9 heteroatoms. The van der Waals surface area contributed by atoms with Crippen molar-refractivity contribution < 1.29 is 19.1 Å². The molecule has 0 bridgehead atoms. The van der Waals surface area contributed by atoms with E-state index in [9.17, 15) is 9.59 Å². The predicted octanol–water partition coefficient (Wildman–Crippen LogP) is 4.36. The minimum Gasteiger partial charge on any atom is -0.490 e. The first-order valence-electron chi connectivity index (χ1n) is 11.1. The van der Waals surface area contributed by atoms with Crippen LogP contribution < -0.4 is 10.1 Å². The lowest BCUT2D eigenvalue weighted by molar-refractivity contribution is 0.000956. The monoisotopic (exact) mass is 472 g/mol. The van der Waals surface area contributed by atoms with Gasteiger partial charge >= 0.3 is 6.09 Å². The zero-order chi connectivity index (χ0) is 23.8. The van der Waals surface area contributed by atoms with Gasteiger partial charge < -0.3 is 24.6 Å². The normalized spacial score (nSPS) is 19.1. The number of amides is 2. The van der Waals surface area contributed by atoms with E-state index >= 15 is 0 Å². The van der Waals surface area contributed by atoms with Crippen molar-refractivity contribution in [2.24, 2.45) is 0 Å². The number of benzene rings is 1. The summed E-state index contributed by atoms with van der Waals surface area (Å²) in [5, 5.41) is 3.56. The van der Waals surface area contributed by atoms with E-state index in [4.69, 9.17) is 21.1 Å². The fourth-order valence-electron chi connectivity index (χ4n) is 4.03. The van der Waals surface area contributed by atoms with E-state index in [1.54, 1.807) is 15.9 Å². The molecule has 33 heavy (non-hydrogen) atoms. The van der Waals surface area contributed by atoms with Gasteiger partial charge in [0.25, 0.3) is 5.91 Å². The highest BCUT2D eigenvalue weighted by Crippen LogP contribution is 2.35. The van der Waals surface area contributed by atoms with Crippen molar-refractivity contribution in [1.29, 1.82) is 0 Å². The number of anilines is 1. The molecule has 0 spiro atoms. The topological polar surface area (TPSA) is 84.0 Å². The molecule has 8 nitrogen and oxygen atoms in total. The number of hydrogen-bond donors (Lipinski definition) is 1. The van der Waals surface area contributed by atoms with Gasteiger partial charge in [0.15, 0.2) is 0 Å². The molecule has 1 aromatic heterocycles. The number of fused-ring (bicyclic) bond motifs is 2. The lowest BCUT2D eigenvalue weighted by atomic mass is 10.1. The molecule has 4 rings (SSSR count). The van der Waals surface area contributed by atoms with Crippen LogP contribution in [0.25, 0.3) is 0 Å². The number of aromatic nitrogens is 1. The molecule has 0 unspecified atom stereocenters. The third kappa shape index (κ3) is 5.16. The molecular formula is C24H29ClN4O4. The highest BCUT2D eigenvalue weighted by molar-refractivity contribution is 6.30. The van der Waals surface area contributed by atoms with Crippen LogP contribution in [0.15, 0.2) is 36.4 Å². The first-order chi connectivity index (χ1) is 15.6. The molecule has 1 aromatic carbocycles. The van der Waals surface area contributed by atoms with Crippen LogP contribution in [0, 0.1) is 0 Å². The number of ether oxygens (including phenoxy) is 2. The fraction of sp³-hybridized carbons (Fsp3) is 0.458. The molecule has 2 aromatic rings. The number of nitrogens with zero attached hydrogens (tertiary/aromatic N) is 3. The number of hydrogen-bond acceptors (Lipinski definition) is 6. The summed E-state index contributed by atoms with van der Waals surface area (Å²) in [4.78, 5) is 33.9. The molecule has 1 saturated heterocycles. The average Bonchev–Trinajstić information content (AvgIpc) is 2.89. The number of carbonyl (C=O) groups excluding carboxylic acids is 2. The Morgan fingerprint density at radius 3 is 2.70 bits per heavy atom. The molecule has 0 radical (unpaired) electrons.